The molecular weight excluding hydrogens is 398 g/mol. The van der Waals surface area contributed by atoms with Crippen LogP contribution in [0.25, 0.3) is 0 Å². The van der Waals surface area contributed by atoms with Gasteiger partial charge in [-0.05, 0) is 18.2 Å². The Morgan fingerprint density at radius 2 is 1.97 bits per heavy atom. The molecule has 2 aromatic carbocycles. The monoisotopic (exact) mass is 415 g/mol. The van der Waals surface area contributed by atoms with Crippen molar-refractivity contribution in [3.05, 3.63) is 41.4 Å². The summed E-state index contributed by atoms with van der Waals surface area (Å²) >= 11 is 6.18. The van der Waals surface area contributed by atoms with E-state index in [9.17, 15) is 14.4 Å². The number of hydrogen-bond acceptors (Lipinski definition) is 5. The number of carbonyl (C=O) groups is 3. The van der Waals surface area contributed by atoms with Crippen LogP contribution in [-0.2, 0) is 14.4 Å². The van der Waals surface area contributed by atoms with Gasteiger partial charge in [0.15, 0.2) is 6.61 Å². The fourth-order valence-corrected chi connectivity index (χ4v) is 3.40. The first-order chi connectivity index (χ1) is 14.0. The highest BCUT2D eigenvalue weighted by atomic mass is 35.5. The standard InChI is InChI=1S/C20H18ClN3O5/c21-12-9-14-17(29-11-19(26)23-14)10-13(12)22-18(25)5-6-20(27)24-7-8-28-16-4-2-1-3-15(16)24/h1-4,9-10H,5-8,11H2,(H,22,25)(H,23,26). The number of nitrogens with zero attached hydrogens (tertiary/aromatic N) is 1. The van der Waals surface area contributed by atoms with Gasteiger partial charge in [0.25, 0.3) is 5.91 Å². The molecule has 29 heavy (non-hydrogen) atoms. The van der Waals surface area contributed by atoms with Crippen molar-refractivity contribution in [2.75, 3.05) is 35.3 Å². The van der Waals surface area contributed by atoms with Crippen molar-refractivity contribution in [3.63, 3.8) is 0 Å². The first-order valence-corrected chi connectivity index (χ1v) is 9.47. The maximum atomic E-state index is 12.6. The van der Waals surface area contributed by atoms with Crippen LogP contribution in [0, 0.1) is 0 Å². The van der Waals surface area contributed by atoms with E-state index in [0.29, 0.717) is 41.7 Å². The second-order valence-corrected chi connectivity index (χ2v) is 6.98. The molecule has 0 fully saturated rings. The number of rotatable bonds is 4. The average Bonchev–Trinajstić information content (AvgIpc) is 2.72. The number of nitrogens with one attached hydrogen (secondary N) is 2. The van der Waals surface area contributed by atoms with E-state index in [-0.39, 0.29) is 42.2 Å². The van der Waals surface area contributed by atoms with Crippen LogP contribution in [0.3, 0.4) is 0 Å². The normalized spacial score (nSPS) is 14.7. The fraction of sp³-hybridized carbons (Fsp3) is 0.250. The molecule has 0 aliphatic carbocycles. The van der Waals surface area contributed by atoms with Gasteiger partial charge in [-0.25, -0.2) is 0 Å². The van der Waals surface area contributed by atoms with Gasteiger partial charge < -0.3 is 25.0 Å². The summed E-state index contributed by atoms with van der Waals surface area (Å²) in [5.41, 5.74) is 1.52. The molecule has 150 valence electrons. The van der Waals surface area contributed by atoms with Gasteiger partial charge in [0.05, 0.1) is 28.6 Å². The molecular formula is C20H18ClN3O5. The largest absolute Gasteiger partial charge is 0.490 e. The molecule has 2 aliphatic heterocycles. The second-order valence-electron chi connectivity index (χ2n) is 6.57. The van der Waals surface area contributed by atoms with E-state index in [4.69, 9.17) is 21.1 Å². The highest BCUT2D eigenvalue weighted by Gasteiger charge is 2.24. The van der Waals surface area contributed by atoms with Gasteiger partial charge in [-0.1, -0.05) is 23.7 Å². The van der Waals surface area contributed by atoms with Crippen LogP contribution >= 0.6 is 11.6 Å². The lowest BCUT2D eigenvalue weighted by Crippen LogP contribution is -2.38. The van der Waals surface area contributed by atoms with Crippen molar-refractivity contribution in [1.29, 1.82) is 0 Å². The maximum Gasteiger partial charge on any atom is 0.262 e. The highest BCUT2D eigenvalue weighted by molar-refractivity contribution is 6.34. The van der Waals surface area contributed by atoms with E-state index < -0.39 is 0 Å². The smallest absolute Gasteiger partial charge is 0.262 e. The lowest BCUT2D eigenvalue weighted by atomic mass is 10.2. The number of para-hydroxylation sites is 2. The Morgan fingerprint density at radius 3 is 2.83 bits per heavy atom. The number of fused-ring (bicyclic) bond motifs is 2. The van der Waals surface area contributed by atoms with Crippen molar-refractivity contribution in [1.82, 2.24) is 0 Å². The summed E-state index contributed by atoms with van der Waals surface area (Å²) in [6.45, 7) is 0.755. The number of amides is 3. The number of anilines is 3. The Bertz CT molecular complexity index is 994. The molecule has 2 aromatic rings. The summed E-state index contributed by atoms with van der Waals surface area (Å²) in [5, 5.41) is 5.59. The van der Waals surface area contributed by atoms with Crippen molar-refractivity contribution < 1.29 is 23.9 Å². The third-order valence-corrected chi connectivity index (χ3v) is 4.88. The minimum atomic E-state index is -0.346. The van der Waals surface area contributed by atoms with Crippen molar-refractivity contribution in [2.24, 2.45) is 0 Å². The number of hydrogen-bond donors (Lipinski definition) is 2. The number of carbonyl (C=O) groups excluding carboxylic acids is 3. The summed E-state index contributed by atoms with van der Waals surface area (Å²) < 4.78 is 10.9. The lowest BCUT2D eigenvalue weighted by molar-refractivity contribution is -0.122. The van der Waals surface area contributed by atoms with Crippen molar-refractivity contribution in [2.45, 2.75) is 12.8 Å². The van der Waals surface area contributed by atoms with Crippen LogP contribution in [0.2, 0.25) is 5.02 Å². The Labute approximate surface area is 171 Å². The van der Waals surface area contributed by atoms with Crippen LogP contribution in [0.5, 0.6) is 11.5 Å². The molecule has 8 nitrogen and oxygen atoms in total. The lowest BCUT2D eigenvalue weighted by Gasteiger charge is -2.29. The summed E-state index contributed by atoms with van der Waals surface area (Å²) in [7, 11) is 0. The second kappa shape index (κ2) is 8.00. The highest BCUT2D eigenvalue weighted by Crippen LogP contribution is 2.36. The molecule has 0 unspecified atom stereocenters. The van der Waals surface area contributed by atoms with E-state index in [2.05, 4.69) is 10.6 Å². The third kappa shape index (κ3) is 4.12. The Kier molecular flexibility index (Phi) is 5.26. The maximum absolute atomic E-state index is 12.6. The summed E-state index contributed by atoms with van der Waals surface area (Å²) in [5.74, 6) is 0.309. The minimum absolute atomic E-state index is 0.00334. The van der Waals surface area contributed by atoms with Gasteiger partial charge in [-0.3, -0.25) is 14.4 Å². The number of ether oxygens (including phenoxy) is 2. The van der Waals surface area contributed by atoms with Gasteiger partial charge in [0.2, 0.25) is 11.8 Å². The average molecular weight is 416 g/mol. The van der Waals surface area contributed by atoms with Crippen molar-refractivity contribution in [3.8, 4) is 11.5 Å². The molecule has 0 aromatic heterocycles. The van der Waals surface area contributed by atoms with E-state index in [1.807, 2.05) is 24.3 Å². The molecule has 2 aliphatic rings. The third-order valence-electron chi connectivity index (χ3n) is 4.57. The molecule has 9 heteroatoms. The predicted molar refractivity (Wildman–Crippen MR) is 108 cm³/mol. The van der Waals surface area contributed by atoms with E-state index in [0.717, 1.165) is 0 Å². The summed E-state index contributed by atoms with van der Waals surface area (Å²) in [6, 6.07) is 10.4. The number of benzene rings is 2. The van der Waals surface area contributed by atoms with Gasteiger partial charge in [-0.15, -0.1) is 0 Å². The van der Waals surface area contributed by atoms with Crippen molar-refractivity contribution >= 4 is 46.4 Å². The van der Waals surface area contributed by atoms with E-state index in [1.54, 1.807) is 11.0 Å². The zero-order valence-electron chi connectivity index (χ0n) is 15.4. The Hall–Kier alpha value is -3.26. The fourth-order valence-electron chi connectivity index (χ4n) is 3.19. The first-order valence-electron chi connectivity index (χ1n) is 9.09. The zero-order chi connectivity index (χ0) is 20.4. The molecule has 0 atom stereocenters. The van der Waals surface area contributed by atoms with Crippen LogP contribution in [0.1, 0.15) is 12.8 Å². The molecule has 2 N–H and O–H groups in total. The molecule has 2 heterocycles. The zero-order valence-corrected chi connectivity index (χ0v) is 16.1. The van der Waals surface area contributed by atoms with Crippen LogP contribution < -0.4 is 25.0 Å². The quantitative estimate of drug-likeness (QED) is 0.800. The minimum Gasteiger partial charge on any atom is -0.490 e. The molecule has 4 rings (SSSR count). The van der Waals surface area contributed by atoms with E-state index in [1.165, 1.54) is 6.07 Å². The molecule has 0 saturated heterocycles. The molecule has 0 bridgehead atoms. The SMILES string of the molecule is O=C(CCC(=O)N1CCOc2ccccc21)Nc1cc2c(cc1Cl)NC(=O)CO2. The number of halogens is 1. The van der Waals surface area contributed by atoms with Crippen LogP contribution in [0.4, 0.5) is 17.1 Å². The molecule has 0 radical (unpaired) electrons. The Balaban J connectivity index is 1.37. The first kappa shape index (κ1) is 19.1. The summed E-state index contributed by atoms with van der Waals surface area (Å²) in [4.78, 5) is 38.0. The van der Waals surface area contributed by atoms with Gasteiger partial charge in [-0.2, -0.15) is 0 Å². The van der Waals surface area contributed by atoms with Gasteiger partial charge in [0, 0.05) is 18.9 Å². The molecule has 3 amide bonds. The van der Waals surface area contributed by atoms with Crippen LogP contribution in [-0.4, -0.2) is 37.5 Å². The van der Waals surface area contributed by atoms with E-state index >= 15 is 0 Å². The molecule has 0 saturated carbocycles. The summed E-state index contributed by atoms with van der Waals surface area (Å²) in [6.07, 6.45) is 0.0542. The van der Waals surface area contributed by atoms with Gasteiger partial charge in [0.1, 0.15) is 18.1 Å². The topological polar surface area (TPSA) is 97.0 Å². The Morgan fingerprint density at radius 1 is 1.14 bits per heavy atom. The van der Waals surface area contributed by atoms with Crippen LogP contribution in [0.15, 0.2) is 36.4 Å². The predicted octanol–water partition coefficient (Wildman–Crippen LogP) is 2.82. The molecule has 0 spiro atoms. The van der Waals surface area contributed by atoms with Gasteiger partial charge >= 0.3 is 0 Å².